The lowest BCUT2D eigenvalue weighted by molar-refractivity contribution is -0.116. The van der Waals surface area contributed by atoms with Crippen molar-refractivity contribution in [3.8, 4) is 0 Å². The zero-order valence-corrected chi connectivity index (χ0v) is 16.0. The fraction of sp³-hybridized carbons (Fsp3) is 0.333. The number of morpholine rings is 1. The summed E-state index contributed by atoms with van der Waals surface area (Å²) in [5, 5.41) is 8.07. The molecule has 2 heterocycles. The number of benzene rings is 2. The first kappa shape index (κ1) is 18.1. The van der Waals surface area contributed by atoms with Crippen LogP contribution in [0.15, 0.2) is 47.8 Å². The summed E-state index contributed by atoms with van der Waals surface area (Å²) in [6, 6.07) is 14.6. The van der Waals surface area contributed by atoms with Crippen LogP contribution in [0, 0.1) is 0 Å². The van der Waals surface area contributed by atoms with Crippen LogP contribution in [0.4, 0.5) is 5.13 Å². The zero-order valence-electron chi connectivity index (χ0n) is 15.2. The maximum atomic E-state index is 12.3. The average molecular weight is 382 g/mol. The number of aryl methyl sites for hydroxylation is 1. The van der Waals surface area contributed by atoms with E-state index in [4.69, 9.17) is 4.74 Å². The third-order valence-electron chi connectivity index (χ3n) is 4.74. The van der Waals surface area contributed by atoms with Crippen molar-refractivity contribution in [2.24, 2.45) is 0 Å². The normalized spacial score (nSPS) is 15.1. The Balaban J connectivity index is 1.28. The molecule has 0 unspecified atom stereocenters. The molecule has 2 aromatic carbocycles. The van der Waals surface area contributed by atoms with E-state index in [1.165, 1.54) is 27.7 Å². The third kappa shape index (κ3) is 4.91. The van der Waals surface area contributed by atoms with Crippen LogP contribution in [0.2, 0.25) is 0 Å². The monoisotopic (exact) mass is 381 g/mol. The van der Waals surface area contributed by atoms with Gasteiger partial charge in [-0.15, -0.1) is 11.3 Å². The van der Waals surface area contributed by atoms with Crippen LogP contribution in [0.5, 0.6) is 0 Å². The van der Waals surface area contributed by atoms with Crippen LogP contribution in [-0.4, -0.2) is 42.1 Å². The fourth-order valence-corrected chi connectivity index (χ4v) is 3.98. The Kier molecular flexibility index (Phi) is 5.77. The lowest BCUT2D eigenvalue weighted by atomic mass is 10.0. The van der Waals surface area contributed by atoms with Crippen molar-refractivity contribution < 1.29 is 9.53 Å². The van der Waals surface area contributed by atoms with E-state index >= 15 is 0 Å². The maximum absolute atomic E-state index is 12.3. The van der Waals surface area contributed by atoms with Gasteiger partial charge in [0, 0.05) is 31.4 Å². The number of aromatic nitrogens is 1. The summed E-state index contributed by atoms with van der Waals surface area (Å²) in [4.78, 5) is 19.1. The van der Waals surface area contributed by atoms with Crippen LogP contribution in [-0.2, 0) is 22.5 Å². The molecule has 0 spiro atoms. The highest BCUT2D eigenvalue weighted by Gasteiger charge is 2.13. The molecule has 140 valence electrons. The summed E-state index contributed by atoms with van der Waals surface area (Å²) in [6.45, 7) is 4.24. The highest BCUT2D eigenvalue weighted by atomic mass is 32.1. The number of hydrogen-bond donors (Lipinski definition) is 1. The molecule has 5 nitrogen and oxygen atoms in total. The molecule has 1 saturated heterocycles. The van der Waals surface area contributed by atoms with Crippen molar-refractivity contribution in [1.82, 2.24) is 9.88 Å². The summed E-state index contributed by atoms with van der Waals surface area (Å²) < 4.78 is 5.37. The molecule has 27 heavy (non-hydrogen) atoms. The predicted molar refractivity (Wildman–Crippen MR) is 109 cm³/mol. The fourth-order valence-electron chi connectivity index (χ4n) is 3.26. The molecule has 0 atom stereocenters. The molecule has 1 aliphatic heterocycles. The zero-order chi connectivity index (χ0) is 18.5. The van der Waals surface area contributed by atoms with Gasteiger partial charge in [-0.25, -0.2) is 4.98 Å². The molecule has 0 aliphatic carbocycles. The first-order valence-corrected chi connectivity index (χ1v) is 10.2. The maximum Gasteiger partial charge on any atom is 0.226 e. The predicted octanol–water partition coefficient (Wildman–Crippen LogP) is 3.70. The van der Waals surface area contributed by atoms with Crippen molar-refractivity contribution in [1.29, 1.82) is 0 Å². The number of rotatable bonds is 6. The first-order valence-electron chi connectivity index (χ1n) is 9.28. The van der Waals surface area contributed by atoms with Crippen molar-refractivity contribution in [2.45, 2.75) is 19.4 Å². The number of nitrogens with zero attached hydrogens (tertiary/aromatic N) is 2. The Hall–Kier alpha value is -2.28. The van der Waals surface area contributed by atoms with E-state index in [1.54, 1.807) is 0 Å². The molecule has 4 rings (SSSR count). The molecule has 0 bridgehead atoms. The largest absolute Gasteiger partial charge is 0.379 e. The van der Waals surface area contributed by atoms with Gasteiger partial charge in [0.2, 0.25) is 5.91 Å². The second-order valence-electron chi connectivity index (χ2n) is 6.76. The van der Waals surface area contributed by atoms with Crippen LogP contribution in [0.1, 0.15) is 17.7 Å². The van der Waals surface area contributed by atoms with Gasteiger partial charge < -0.3 is 10.1 Å². The van der Waals surface area contributed by atoms with Gasteiger partial charge in [-0.1, -0.05) is 42.5 Å². The van der Waals surface area contributed by atoms with Gasteiger partial charge in [-0.2, -0.15) is 0 Å². The standard InChI is InChI=1S/C21H23N3O2S/c25-20(8-6-16-5-7-17-3-1-2-4-18(17)13-16)23-21-22-19(15-27-21)14-24-9-11-26-12-10-24/h1-5,7,13,15H,6,8-12,14H2,(H,22,23,25). The number of thiazole rings is 1. The van der Waals surface area contributed by atoms with E-state index in [0.717, 1.165) is 45.0 Å². The number of anilines is 1. The molecule has 1 aromatic heterocycles. The van der Waals surface area contributed by atoms with Gasteiger partial charge in [0.1, 0.15) is 0 Å². The van der Waals surface area contributed by atoms with Crippen LogP contribution < -0.4 is 5.32 Å². The first-order chi connectivity index (χ1) is 13.3. The van der Waals surface area contributed by atoms with Gasteiger partial charge >= 0.3 is 0 Å². The smallest absolute Gasteiger partial charge is 0.226 e. The molecule has 1 aliphatic rings. The summed E-state index contributed by atoms with van der Waals surface area (Å²) in [5.74, 6) is 0.00966. The van der Waals surface area contributed by atoms with E-state index in [2.05, 4.69) is 45.5 Å². The molecular weight excluding hydrogens is 358 g/mol. The molecule has 1 N–H and O–H groups in total. The summed E-state index contributed by atoms with van der Waals surface area (Å²) in [5.41, 5.74) is 2.18. The highest BCUT2D eigenvalue weighted by Crippen LogP contribution is 2.19. The van der Waals surface area contributed by atoms with E-state index in [1.807, 2.05) is 17.5 Å². The minimum Gasteiger partial charge on any atom is -0.379 e. The lowest BCUT2D eigenvalue weighted by Gasteiger charge is -2.25. The number of fused-ring (bicyclic) bond motifs is 1. The number of ether oxygens (including phenoxy) is 1. The minimum absolute atomic E-state index is 0.00966. The third-order valence-corrected chi connectivity index (χ3v) is 5.55. The molecule has 3 aromatic rings. The highest BCUT2D eigenvalue weighted by molar-refractivity contribution is 7.13. The number of nitrogens with one attached hydrogen (secondary N) is 1. The summed E-state index contributed by atoms with van der Waals surface area (Å²) >= 11 is 1.49. The van der Waals surface area contributed by atoms with Crippen molar-refractivity contribution >= 4 is 33.1 Å². The van der Waals surface area contributed by atoms with E-state index < -0.39 is 0 Å². The average Bonchev–Trinajstić information content (AvgIpc) is 3.13. The minimum atomic E-state index is 0.00966. The Bertz CT molecular complexity index is 918. The second-order valence-corrected chi connectivity index (χ2v) is 7.62. The molecule has 0 saturated carbocycles. The van der Waals surface area contributed by atoms with Gasteiger partial charge in [-0.3, -0.25) is 9.69 Å². The van der Waals surface area contributed by atoms with Crippen molar-refractivity contribution in [3.05, 3.63) is 59.1 Å². The Labute approximate surface area is 163 Å². The summed E-state index contributed by atoms with van der Waals surface area (Å²) in [7, 11) is 0. The molecule has 1 fully saturated rings. The Morgan fingerprint density at radius 1 is 1.15 bits per heavy atom. The topological polar surface area (TPSA) is 54.5 Å². The van der Waals surface area contributed by atoms with Crippen LogP contribution in [0.3, 0.4) is 0 Å². The summed E-state index contributed by atoms with van der Waals surface area (Å²) in [6.07, 6.45) is 1.18. The van der Waals surface area contributed by atoms with Gasteiger partial charge in [0.25, 0.3) is 0 Å². The number of amides is 1. The van der Waals surface area contributed by atoms with E-state index in [-0.39, 0.29) is 5.91 Å². The second kappa shape index (κ2) is 8.61. The van der Waals surface area contributed by atoms with E-state index in [9.17, 15) is 4.79 Å². The van der Waals surface area contributed by atoms with Crippen molar-refractivity contribution in [3.63, 3.8) is 0 Å². The molecule has 0 radical (unpaired) electrons. The lowest BCUT2D eigenvalue weighted by Crippen LogP contribution is -2.35. The Morgan fingerprint density at radius 2 is 1.96 bits per heavy atom. The SMILES string of the molecule is O=C(CCc1ccc2ccccc2c1)Nc1nc(CN2CCOCC2)cs1. The number of carbonyl (C=O) groups is 1. The number of carbonyl (C=O) groups excluding carboxylic acids is 1. The van der Waals surface area contributed by atoms with Gasteiger partial charge in [0.15, 0.2) is 5.13 Å². The molecular formula is C21H23N3O2S. The number of hydrogen-bond acceptors (Lipinski definition) is 5. The van der Waals surface area contributed by atoms with Crippen LogP contribution in [0.25, 0.3) is 10.8 Å². The molecule has 1 amide bonds. The molecule has 6 heteroatoms. The quantitative estimate of drug-likeness (QED) is 0.707. The van der Waals surface area contributed by atoms with E-state index in [0.29, 0.717) is 11.6 Å². The Morgan fingerprint density at radius 3 is 2.81 bits per heavy atom. The van der Waals surface area contributed by atoms with Gasteiger partial charge in [-0.05, 0) is 22.8 Å². The van der Waals surface area contributed by atoms with Gasteiger partial charge in [0.05, 0.1) is 18.9 Å². The van der Waals surface area contributed by atoms with Crippen LogP contribution >= 0.6 is 11.3 Å². The van der Waals surface area contributed by atoms with Crippen molar-refractivity contribution in [2.75, 3.05) is 31.6 Å².